The summed E-state index contributed by atoms with van der Waals surface area (Å²) in [5.41, 5.74) is 1.27. The van der Waals surface area contributed by atoms with Gasteiger partial charge in [0.1, 0.15) is 0 Å². The van der Waals surface area contributed by atoms with E-state index in [4.69, 9.17) is 17.7 Å². The summed E-state index contributed by atoms with van der Waals surface area (Å²) in [5.74, 6) is -0.318. The van der Waals surface area contributed by atoms with E-state index in [1.807, 2.05) is 6.92 Å². The lowest BCUT2D eigenvalue weighted by molar-refractivity contribution is -0.112. The fraction of sp³-hybridized carbons (Fsp3) is 0.250. The predicted molar refractivity (Wildman–Crippen MR) is 65.6 cm³/mol. The highest BCUT2D eigenvalue weighted by Crippen LogP contribution is 2.24. The van der Waals surface area contributed by atoms with Crippen LogP contribution in [0.3, 0.4) is 0 Å². The van der Waals surface area contributed by atoms with E-state index in [2.05, 4.69) is 5.32 Å². The minimum atomic E-state index is -0.318. The molecule has 1 rings (SSSR count). The maximum absolute atomic E-state index is 11.5. The number of hydrogen-bond donors (Lipinski definition) is 1. The van der Waals surface area contributed by atoms with Crippen LogP contribution in [0.5, 0.6) is 0 Å². The first-order valence-electron chi connectivity index (χ1n) is 5.40. The molecule has 1 N–H and O–H groups in total. The molecular formula is C12H14ClNO2. The summed E-state index contributed by atoms with van der Waals surface area (Å²) >= 11 is 5.95. The van der Waals surface area contributed by atoms with E-state index in [9.17, 15) is 4.79 Å². The van der Waals surface area contributed by atoms with Gasteiger partial charge in [0.2, 0.25) is 0 Å². The van der Waals surface area contributed by atoms with Crippen molar-refractivity contribution in [3.05, 3.63) is 41.1 Å². The SMILES string of the molecule is [2H]c1cc(C)c(NC(=O)C=COCC)c(Cl)c1. The Morgan fingerprint density at radius 3 is 3.06 bits per heavy atom. The Morgan fingerprint density at radius 2 is 2.44 bits per heavy atom. The molecule has 0 fully saturated rings. The van der Waals surface area contributed by atoms with E-state index < -0.39 is 0 Å². The van der Waals surface area contributed by atoms with Crippen LogP contribution >= 0.6 is 11.6 Å². The second-order valence-corrected chi connectivity index (χ2v) is 3.52. The first-order chi connectivity index (χ1) is 8.04. The largest absolute Gasteiger partial charge is 0.501 e. The van der Waals surface area contributed by atoms with E-state index in [0.29, 0.717) is 23.4 Å². The van der Waals surface area contributed by atoms with Gasteiger partial charge in [-0.3, -0.25) is 4.79 Å². The normalized spacial score (nSPS) is 11.3. The second kappa shape index (κ2) is 6.18. The monoisotopic (exact) mass is 240 g/mol. The molecule has 0 spiro atoms. The Morgan fingerprint density at radius 1 is 1.69 bits per heavy atom. The molecular weight excluding hydrogens is 226 g/mol. The molecule has 0 aliphatic rings. The van der Waals surface area contributed by atoms with E-state index >= 15 is 0 Å². The van der Waals surface area contributed by atoms with E-state index in [1.54, 1.807) is 13.0 Å². The van der Waals surface area contributed by atoms with Gasteiger partial charge in [0.15, 0.2) is 0 Å². The molecule has 0 saturated carbocycles. The summed E-state index contributed by atoms with van der Waals surface area (Å²) in [7, 11) is 0. The van der Waals surface area contributed by atoms with Crippen LogP contribution in [0, 0.1) is 6.92 Å². The molecule has 0 heterocycles. The molecule has 1 aromatic rings. The summed E-state index contributed by atoms with van der Waals surface area (Å²) in [6, 6.07) is 3.43. The number of amides is 1. The van der Waals surface area contributed by atoms with Crippen LogP contribution in [-0.2, 0) is 9.53 Å². The second-order valence-electron chi connectivity index (χ2n) is 3.11. The number of rotatable bonds is 4. The summed E-state index contributed by atoms with van der Waals surface area (Å²) in [4.78, 5) is 11.5. The number of para-hydroxylation sites is 1. The van der Waals surface area contributed by atoms with Gasteiger partial charge in [0, 0.05) is 6.08 Å². The molecule has 0 unspecified atom stereocenters. The van der Waals surface area contributed by atoms with Crippen molar-refractivity contribution in [2.24, 2.45) is 0 Å². The number of carbonyl (C=O) groups excluding carboxylic acids is 1. The zero-order chi connectivity index (χ0) is 12.8. The standard InChI is InChI=1S/C12H14ClNO2/c1-3-16-8-7-11(15)14-12-9(2)5-4-6-10(12)13/h4-8H,3H2,1-2H3,(H,14,15)/i4D. The van der Waals surface area contributed by atoms with Crippen LogP contribution in [0.2, 0.25) is 5.02 Å². The molecule has 0 aliphatic carbocycles. The fourth-order valence-corrected chi connectivity index (χ4v) is 1.36. The van der Waals surface area contributed by atoms with Crippen molar-refractivity contribution in [2.45, 2.75) is 13.8 Å². The first-order valence-corrected chi connectivity index (χ1v) is 5.28. The lowest BCUT2D eigenvalue weighted by Gasteiger charge is -2.07. The summed E-state index contributed by atoms with van der Waals surface area (Å²) in [6.45, 7) is 4.12. The van der Waals surface area contributed by atoms with Gasteiger partial charge in [-0.1, -0.05) is 23.7 Å². The smallest absolute Gasteiger partial charge is 0.251 e. The Hall–Kier alpha value is -1.48. The quantitative estimate of drug-likeness (QED) is 0.649. The van der Waals surface area contributed by atoms with Crippen LogP contribution in [-0.4, -0.2) is 12.5 Å². The predicted octanol–water partition coefficient (Wildman–Crippen LogP) is 3.14. The highest BCUT2D eigenvalue weighted by molar-refractivity contribution is 6.34. The van der Waals surface area contributed by atoms with E-state index in [-0.39, 0.29) is 5.91 Å². The van der Waals surface area contributed by atoms with E-state index in [0.717, 1.165) is 5.56 Å². The molecule has 0 atom stereocenters. The molecule has 0 radical (unpaired) electrons. The van der Waals surface area contributed by atoms with E-state index in [1.165, 1.54) is 18.4 Å². The van der Waals surface area contributed by atoms with Crippen molar-refractivity contribution in [1.82, 2.24) is 0 Å². The summed E-state index contributed by atoms with van der Waals surface area (Å²) < 4.78 is 12.4. The van der Waals surface area contributed by atoms with Gasteiger partial charge in [0.05, 0.1) is 24.9 Å². The Labute approximate surface area is 101 Å². The molecule has 16 heavy (non-hydrogen) atoms. The number of aryl methyl sites for hydroxylation is 1. The lowest BCUT2D eigenvalue weighted by atomic mass is 10.2. The molecule has 0 aliphatic heterocycles. The number of anilines is 1. The minimum Gasteiger partial charge on any atom is -0.501 e. The number of halogens is 1. The molecule has 1 amide bonds. The number of ether oxygens (including phenoxy) is 1. The third-order valence-corrected chi connectivity index (χ3v) is 2.17. The molecule has 4 heteroatoms. The highest BCUT2D eigenvalue weighted by Gasteiger charge is 2.05. The van der Waals surface area contributed by atoms with Crippen LogP contribution < -0.4 is 5.32 Å². The molecule has 1 aromatic carbocycles. The number of benzene rings is 1. The summed E-state index contributed by atoms with van der Waals surface area (Å²) in [5, 5.41) is 3.00. The van der Waals surface area contributed by atoms with Crippen molar-refractivity contribution in [3.8, 4) is 0 Å². The van der Waals surface area contributed by atoms with Gasteiger partial charge in [-0.25, -0.2) is 0 Å². The fourth-order valence-electron chi connectivity index (χ4n) is 1.10. The average molecular weight is 241 g/mol. The van der Waals surface area contributed by atoms with Crippen molar-refractivity contribution in [2.75, 3.05) is 11.9 Å². The van der Waals surface area contributed by atoms with Gasteiger partial charge < -0.3 is 10.1 Å². The third-order valence-electron chi connectivity index (χ3n) is 1.87. The van der Waals surface area contributed by atoms with Gasteiger partial charge >= 0.3 is 0 Å². The molecule has 3 nitrogen and oxygen atoms in total. The Balaban J connectivity index is 2.78. The topological polar surface area (TPSA) is 38.3 Å². The number of hydrogen-bond acceptors (Lipinski definition) is 2. The number of carbonyl (C=O) groups is 1. The van der Waals surface area contributed by atoms with Crippen LogP contribution in [0.15, 0.2) is 30.5 Å². The Bertz CT molecular complexity index is 423. The molecule has 0 aromatic heterocycles. The zero-order valence-corrected chi connectivity index (χ0v) is 9.97. The maximum Gasteiger partial charge on any atom is 0.251 e. The van der Waals surface area contributed by atoms with Crippen LogP contribution in [0.25, 0.3) is 0 Å². The van der Waals surface area contributed by atoms with Crippen LogP contribution in [0.4, 0.5) is 5.69 Å². The van der Waals surface area contributed by atoms with Gasteiger partial charge in [-0.15, -0.1) is 0 Å². The lowest BCUT2D eigenvalue weighted by Crippen LogP contribution is -2.09. The van der Waals surface area contributed by atoms with Crippen molar-refractivity contribution < 1.29 is 10.9 Å². The Kier molecular flexibility index (Phi) is 4.26. The van der Waals surface area contributed by atoms with Gasteiger partial charge in [-0.2, -0.15) is 0 Å². The average Bonchev–Trinajstić information content (AvgIpc) is 2.24. The summed E-state index contributed by atoms with van der Waals surface area (Å²) in [6.07, 6.45) is 2.62. The highest BCUT2D eigenvalue weighted by atomic mass is 35.5. The molecule has 86 valence electrons. The van der Waals surface area contributed by atoms with Crippen molar-refractivity contribution in [3.63, 3.8) is 0 Å². The first kappa shape index (κ1) is 11.0. The molecule has 0 bridgehead atoms. The van der Waals surface area contributed by atoms with Gasteiger partial charge in [0.25, 0.3) is 5.91 Å². The molecule has 0 saturated heterocycles. The maximum atomic E-state index is 11.5. The zero-order valence-electron chi connectivity index (χ0n) is 10.2. The van der Waals surface area contributed by atoms with Crippen molar-refractivity contribution in [1.29, 1.82) is 0 Å². The van der Waals surface area contributed by atoms with Crippen LogP contribution in [0.1, 0.15) is 13.9 Å². The third kappa shape index (κ3) is 3.59. The van der Waals surface area contributed by atoms with Crippen molar-refractivity contribution >= 4 is 23.2 Å². The van der Waals surface area contributed by atoms with Gasteiger partial charge in [-0.05, 0) is 25.5 Å². The minimum absolute atomic E-state index is 0.315. The number of nitrogens with one attached hydrogen (secondary N) is 1.